The van der Waals surface area contributed by atoms with Crippen LogP contribution in [0.15, 0.2) is 42.7 Å². The summed E-state index contributed by atoms with van der Waals surface area (Å²) in [5, 5.41) is 16.0. The monoisotopic (exact) mass is 259 g/mol. The fraction of sp³-hybridized carbons (Fsp3) is 0.286. The van der Waals surface area contributed by atoms with Gasteiger partial charge in [0.15, 0.2) is 0 Å². The fourth-order valence-electron chi connectivity index (χ4n) is 1.78. The number of aromatic nitrogens is 2. The maximum atomic E-state index is 10.4. The van der Waals surface area contributed by atoms with E-state index < -0.39 is 5.97 Å². The molecule has 2 aromatic rings. The zero-order valence-corrected chi connectivity index (χ0v) is 10.6. The lowest BCUT2D eigenvalue weighted by atomic mass is 10.2. The Labute approximate surface area is 111 Å². The molecule has 5 nitrogen and oxygen atoms in total. The summed E-state index contributed by atoms with van der Waals surface area (Å²) in [6, 6.07) is 10.1. The van der Waals surface area contributed by atoms with Crippen molar-refractivity contribution in [2.75, 3.05) is 11.9 Å². The Bertz CT molecular complexity index is 522. The number of carboxylic acids is 1. The van der Waals surface area contributed by atoms with Crippen molar-refractivity contribution in [3.05, 3.63) is 48.3 Å². The summed E-state index contributed by atoms with van der Waals surface area (Å²) in [4.78, 5) is 10.4. The number of anilines is 1. The van der Waals surface area contributed by atoms with Crippen LogP contribution < -0.4 is 5.32 Å². The highest BCUT2D eigenvalue weighted by molar-refractivity contribution is 5.66. The van der Waals surface area contributed by atoms with Crippen molar-refractivity contribution in [1.29, 1.82) is 0 Å². The molecule has 0 aliphatic heterocycles. The third-order valence-electron chi connectivity index (χ3n) is 2.72. The minimum Gasteiger partial charge on any atom is -0.481 e. The predicted molar refractivity (Wildman–Crippen MR) is 73.1 cm³/mol. The van der Waals surface area contributed by atoms with Gasteiger partial charge in [-0.1, -0.05) is 30.3 Å². The van der Waals surface area contributed by atoms with Crippen molar-refractivity contribution >= 4 is 11.7 Å². The number of hydrogen-bond donors (Lipinski definition) is 2. The number of benzene rings is 1. The molecule has 0 saturated heterocycles. The van der Waals surface area contributed by atoms with Crippen molar-refractivity contribution in [3.8, 4) is 0 Å². The van der Waals surface area contributed by atoms with Gasteiger partial charge in [0.05, 0.1) is 18.4 Å². The zero-order valence-electron chi connectivity index (χ0n) is 10.6. The summed E-state index contributed by atoms with van der Waals surface area (Å²) in [7, 11) is 0. The van der Waals surface area contributed by atoms with E-state index in [1.54, 1.807) is 6.20 Å². The molecular weight excluding hydrogens is 242 g/mol. The molecule has 0 atom stereocenters. The number of carboxylic acid groups (broad SMARTS) is 1. The SMILES string of the molecule is O=C(O)CCCNc1cnn(Cc2ccccc2)c1. The van der Waals surface area contributed by atoms with Gasteiger partial charge in [-0.15, -0.1) is 0 Å². The molecule has 5 heteroatoms. The van der Waals surface area contributed by atoms with E-state index in [1.807, 2.05) is 29.1 Å². The first-order chi connectivity index (χ1) is 9.24. The molecule has 2 N–H and O–H groups in total. The summed E-state index contributed by atoms with van der Waals surface area (Å²) < 4.78 is 1.86. The van der Waals surface area contributed by atoms with E-state index in [-0.39, 0.29) is 6.42 Å². The lowest BCUT2D eigenvalue weighted by Gasteiger charge is -2.02. The topological polar surface area (TPSA) is 67.2 Å². The van der Waals surface area contributed by atoms with Crippen molar-refractivity contribution in [2.45, 2.75) is 19.4 Å². The van der Waals surface area contributed by atoms with E-state index >= 15 is 0 Å². The van der Waals surface area contributed by atoms with E-state index in [0.29, 0.717) is 13.0 Å². The average Bonchev–Trinajstić information content (AvgIpc) is 2.83. The first-order valence-corrected chi connectivity index (χ1v) is 6.26. The molecule has 0 spiro atoms. The minimum absolute atomic E-state index is 0.186. The van der Waals surface area contributed by atoms with E-state index in [0.717, 1.165) is 12.2 Å². The number of rotatable bonds is 7. The zero-order chi connectivity index (χ0) is 13.5. The Morgan fingerprint density at radius 2 is 2.11 bits per heavy atom. The Hall–Kier alpha value is -2.30. The van der Waals surface area contributed by atoms with Gasteiger partial charge in [0.1, 0.15) is 0 Å². The van der Waals surface area contributed by atoms with Gasteiger partial charge in [-0.05, 0) is 12.0 Å². The highest BCUT2D eigenvalue weighted by Gasteiger charge is 2.00. The molecule has 2 rings (SSSR count). The normalized spacial score (nSPS) is 10.3. The first kappa shape index (κ1) is 13.1. The third-order valence-corrected chi connectivity index (χ3v) is 2.72. The summed E-state index contributed by atoms with van der Waals surface area (Å²) in [6.45, 7) is 1.38. The summed E-state index contributed by atoms with van der Waals surface area (Å²) in [5.74, 6) is -0.762. The van der Waals surface area contributed by atoms with Gasteiger partial charge in [-0.3, -0.25) is 9.48 Å². The number of aliphatic carboxylic acids is 1. The van der Waals surface area contributed by atoms with Gasteiger partial charge >= 0.3 is 5.97 Å². The first-order valence-electron chi connectivity index (χ1n) is 6.26. The van der Waals surface area contributed by atoms with Crippen molar-refractivity contribution in [2.24, 2.45) is 0 Å². The maximum absolute atomic E-state index is 10.4. The molecule has 1 heterocycles. The lowest BCUT2D eigenvalue weighted by molar-refractivity contribution is -0.137. The fourth-order valence-corrected chi connectivity index (χ4v) is 1.78. The van der Waals surface area contributed by atoms with E-state index in [4.69, 9.17) is 5.11 Å². The second-order valence-corrected chi connectivity index (χ2v) is 4.34. The quantitative estimate of drug-likeness (QED) is 0.748. The number of nitrogens with zero attached hydrogens (tertiary/aromatic N) is 2. The molecule has 0 aliphatic rings. The van der Waals surface area contributed by atoms with Crippen LogP contribution in [0.4, 0.5) is 5.69 Å². The van der Waals surface area contributed by atoms with Crippen LogP contribution in [0.1, 0.15) is 18.4 Å². The summed E-state index contributed by atoms with van der Waals surface area (Å²) >= 11 is 0. The Kier molecular flexibility index (Phi) is 4.55. The highest BCUT2D eigenvalue weighted by atomic mass is 16.4. The predicted octanol–water partition coefficient (Wildman–Crippen LogP) is 2.21. The van der Waals surface area contributed by atoms with Crippen molar-refractivity contribution < 1.29 is 9.90 Å². The van der Waals surface area contributed by atoms with Crippen molar-refractivity contribution in [1.82, 2.24) is 9.78 Å². The van der Waals surface area contributed by atoms with Crippen LogP contribution in [0.2, 0.25) is 0 Å². The molecular formula is C14H17N3O2. The number of carbonyl (C=O) groups is 1. The molecule has 1 aromatic carbocycles. The summed E-state index contributed by atoms with van der Waals surface area (Å²) in [6.07, 6.45) is 4.47. The van der Waals surface area contributed by atoms with E-state index in [9.17, 15) is 4.79 Å². The maximum Gasteiger partial charge on any atom is 0.303 e. The van der Waals surface area contributed by atoms with E-state index in [2.05, 4.69) is 22.5 Å². The number of hydrogen-bond acceptors (Lipinski definition) is 3. The molecule has 0 saturated carbocycles. The molecule has 0 unspecified atom stereocenters. The Morgan fingerprint density at radius 1 is 1.32 bits per heavy atom. The molecule has 0 bridgehead atoms. The molecule has 0 amide bonds. The molecule has 0 radical (unpaired) electrons. The van der Waals surface area contributed by atoms with Crippen LogP contribution in [0, 0.1) is 0 Å². The second-order valence-electron chi connectivity index (χ2n) is 4.34. The van der Waals surface area contributed by atoms with Gasteiger partial charge in [0.2, 0.25) is 0 Å². The van der Waals surface area contributed by atoms with Gasteiger partial charge < -0.3 is 10.4 Å². The van der Waals surface area contributed by atoms with Gasteiger partial charge in [-0.2, -0.15) is 5.10 Å². The van der Waals surface area contributed by atoms with Crippen LogP contribution in [0.3, 0.4) is 0 Å². The third kappa shape index (κ3) is 4.46. The smallest absolute Gasteiger partial charge is 0.303 e. The second kappa shape index (κ2) is 6.58. The largest absolute Gasteiger partial charge is 0.481 e. The highest BCUT2D eigenvalue weighted by Crippen LogP contribution is 2.08. The Morgan fingerprint density at radius 3 is 2.84 bits per heavy atom. The molecule has 0 aliphatic carbocycles. The van der Waals surface area contributed by atoms with Crippen molar-refractivity contribution in [3.63, 3.8) is 0 Å². The van der Waals surface area contributed by atoms with Gasteiger partial charge in [-0.25, -0.2) is 0 Å². The van der Waals surface area contributed by atoms with Crippen LogP contribution in [0.5, 0.6) is 0 Å². The van der Waals surface area contributed by atoms with E-state index in [1.165, 1.54) is 5.56 Å². The average molecular weight is 259 g/mol. The molecule has 19 heavy (non-hydrogen) atoms. The van der Waals surface area contributed by atoms with Crippen LogP contribution in [0.25, 0.3) is 0 Å². The lowest BCUT2D eigenvalue weighted by Crippen LogP contribution is -2.04. The summed E-state index contributed by atoms with van der Waals surface area (Å²) in [5.41, 5.74) is 2.12. The standard InChI is InChI=1S/C14H17N3O2/c18-14(19)7-4-8-15-13-9-16-17(11-13)10-12-5-2-1-3-6-12/h1-3,5-6,9,11,15H,4,7-8,10H2,(H,18,19). The molecule has 100 valence electrons. The van der Waals surface area contributed by atoms with Crippen LogP contribution >= 0.6 is 0 Å². The van der Waals surface area contributed by atoms with Crippen LogP contribution in [-0.2, 0) is 11.3 Å². The minimum atomic E-state index is -0.762. The Balaban J connectivity index is 1.80. The van der Waals surface area contributed by atoms with Gasteiger partial charge in [0, 0.05) is 19.2 Å². The molecule has 1 aromatic heterocycles. The van der Waals surface area contributed by atoms with Crippen LogP contribution in [-0.4, -0.2) is 27.4 Å². The number of nitrogens with one attached hydrogen (secondary N) is 1. The molecule has 0 fully saturated rings. The van der Waals surface area contributed by atoms with Gasteiger partial charge in [0.25, 0.3) is 0 Å².